The summed E-state index contributed by atoms with van der Waals surface area (Å²) in [5.41, 5.74) is 1.17. The fourth-order valence-electron chi connectivity index (χ4n) is 1.68. The monoisotopic (exact) mass is 225 g/mol. The van der Waals surface area contributed by atoms with Crippen molar-refractivity contribution in [3.05, 3.63) is 0 Å². The summed E-state index contributed by atoms with van der Waals surface area (Å²) in [6.45, 7) is 1.87. The van der Waals surface area contributed by atoms with Crippen molar-refractivity contribution in [2.75, 3.05) is 0 Å². The predicted octanol–water partition coefficient (Wildman–Crippen LogP) is 1.91. The summed E-state index contributed by atoms with van der Waals surface area (Å²) in [5, 5.41) is 11.6. The summed E-state index contributed by atoms with van der Waals surface area (Å²) in [5.74, 6) is 0.0302. The summed E-state index contributed by atoms with van der Waals surface area (Å²) >= 11 is 1.44. The number of rotatable bonds is 1. The second-order valence-electron chi connectivity index (χ2n) is 3.88. The first kappa shape index (κ1) is 10.7. The first-order valence-corrected chi connectivity index (χ1v) is 6.24. The van der Waals surface area contributed by atoms with Crippen LogP contribution in [0.4, 0.5) is 0 Å². The van der Waals surface area contributed by atoms with Crippen LogP contribution in [-0.2, 0) is 4.79 Å². The van der Waals surface area contributed by atoms with Gasteiger partial charge in [-0.15, -0.1) is 5.10 Å². The smallest absolute Gasteiger partial charge is 0.239 e. The molecule has 1 saturated carbocycles. The zero-order valence-electron chi connectivity index (χ0n) is 8.82. The Kier molecular flexibility index (Phi) is 3.41. The minimum absolute atomic E-state index is 0.0302. The SMILES string of the molecule is C[C@H]1S/C(=N\N=C2CCCCC2)NC1=O. The Hall–Kier alpha value is -0.840. The highest BCUT2D eigenvalue weighted by molar-refractivity contribution is 8.15. The van der Waals surface area contributed by atoms with Gasteiger partial charge in [0, 0.05) is 5.71 Å². The zero-order valence-corrected chi connectivity index (χ0v) is 9.64. The molecule has 0 aromatic rings. The number of nitrogens with one attached hydrogen (secondary N) is 1. The summed E-state index contributed by atoms with van der Waals surface area (Å²) in [7, 11) is 0. The fraction of sp³-hybridized carbons (Fsp3) is 0.700. The molecule has 1 heterocycles. The van der Waals surface area contributed by atoms with Crippen molar-refractivity contribution in [3.8, 4) is 0 Å². The second-order valence-corrected chi connectivity index (χ2v) is 5.21. The van der Waals surface area contributed by atoms with Crippen LogP contribution in [0.3, 0.4) is 0 Å². The molecule has 1 saturated heterocycles. The summed E-state index contributed by atoms with van der Waals surface area (Å²) in [6, 6.07) is 0. The Morgan fingerprint density at radius 2 is 2.00 bits per heavy atom. The van der Waals surface area contributed by atoms with Gasteiger partial charge in [0.15, 0.2) is 5.17 Å². The van der Waals surface area contributed by atoms with Gasteiger partial charge >= 0.3 is 0 Å². The van der Waals surface area contributed by atoms with E-state index in [1.54, 1.807) is 0 Å². The number of carbonyl (C=O) groups is 1. The standard InChI is InChI=1S/C10H15N3OS/c1-7-9(14)11-10(15-7)13-12-8-5-3-2-4-6-8/h7H,2-6H2,1H3,(H,11,13,14)/t7-/m1/s1. The number of nitrogens with zero attached hydrogens (tertiary/aromatic N) is 2. The van der Waals surface area contributed by atoms with Crippen molar-refractivity contribution in [1.82, 2.24) is 5.32 Å². The number of hydrogen-bond donors (Lipinski definition) is 1. The van der Waals surface area contributed by atoms with Crippen LogP contribution in [-0.4, -0.2) is 22.0 Å². The highest BCUT2D eigenvalue weighted by Gasteiger charge is 2.25. The molecule has 1 N–H and O–H groups in total. The number of hydrogen-bond acceptors (Lipinski definition) is 4. The third kappa shape index (κ3) is 2.81. The van der Waals surface area contributed by atoms with Crippen molar-refractivity contribution in [1.29, 1.82) is 0 Å². The van der Waals surface area contributed by atoms with Gasteiger partial charge in [0.1, 0.15) is 0 Å². The van der Waals surface area contributed by atoms with Gasteiger partial charge in [-0.1, -0.05) is 18.2 Å². The number of amides is 1. The van der Waals surface area contributed by atoms with E-state index in [4.69, 9.17) is 0 Å². The van der Waals surface area contributed by atoms with Crippen molar-refractivity contribution >= 4 is 28.5 Å². The maximum atomic E-state index is 11.2. The van der Waals surface area contributed by atoms with E-state index < -0.39 is 0 Å². The first-order valence-electron chi connectivity index (χ1n) is 5.36. The van der Waals surface area contributed by atoms with E-state index >= 15 is 0 Å². The summed E-state index contributed by atoms with van der Waals surface area (Å²) < 4.78 is 0. The predicted molar refractivity (Wildman–Crippen MR) is 63.2 cm³/mol. The van der Waals surface area contributed by atoms with Crippen molar-refractivity contribution in [3.63, 3.8) is 0 Å². The Morgan fingerprint density at radius 1 is 1.27 bits per heavy atom. The summed E-state index contributed by atoms with van der Waals surface area (Å²) in [4.78, 5) is 11.2. The average Bonchev–Trinajstić information content (AvgIpc) is 2.57. The maximum Gasteiger partial charge on any atom is 0.239 e. The average molecular weight is 225 g/mol. The van der Waals surface area contributed by atoms with Gasteiger partial charge in [-0.2, -0.15) is 5.10 Å². The van der Waals surface area contributed by atoms with E-state index in [1.807, 2.05) is 6.92 Å². The second kappa shape index (κ2) is 4.79. The van der Waals surface area contributed by atoms with Gasteiger partial charge in [0.05, 0.1) is 5.25 Å². The van der Waals surface area contributed by atoms with Crippen LogP contribution in [0.15, 0.2) is 10.2 Å². The van der Waals surface area contributed by atoms with Gasteiger partial charge in [-0.25, -0.2) is 0 Å². The van der Waals surface area contributed by atoms with E-state index in [1.165, 1.54) is 36.7 Å². The third-order valence-electron chi connectivity index (χ3n) is 2.60. The molecule has 2 rings (SSSR count). The molecule has 15 heavy (non-hydrogen) atoms. The van der Waals surface area contributed by atoms with Gasteiger partial charge < -0.3 is 5.32 Å². The zero-order chi connectivity index (χ0) is 10.7. The minimum Gasteiger partial charge on any atom is -0.303 e. The van der Waals surface area contributed by atoms with Crippen LogP contribution in [0.5, 0.6) is 0 Å². The first-order chi connectivity index (χ1) is 7.25. The molecule has 0 radical (unpaired) electrons. The van der Waals surface area contributed by atoms with Crippen LogP contribution in [0.25, 0.3) is 0 Å². The molecule has 0 bridgehead atoms. The van der Waals surface area contributed by atoms with E-state index in [9.17, 15) is 4.79 Å². The maximum absolute atomic E-state index is 11.2. The lowest BCUT2D eigenvalue weighted by Crippen LogP contribution is -2.23. The quantitative estimate of drug-likeness (QED) is 0.693. The number of amidine groups is 1. The Balaban J connectivity index is 1.96. The molecule has 0 aromatic heterocycles. The van der Waals surface area contributed by atoms with Crippen LogP contribution >= 0.6 is 11.8 Å². The molecular formula is C10H15N3OS. The van der Waals surface area contributed by atoms with Crippen molar-refractivity contribution in [2.24, 2.45) is 10.2 Å². The van der Waals surface area contributed by atoms with E-state index in [2.05, 4.69) is 15.5 Å². The number of thioether (sulfide) groups is 1. The van der Waals surface area contributed by atoms with E-state index in [0.29, 0.717) is 5.17 Å². The lowest BCUT2D eigenvalue weighted by molar-refractivity contribution is -0.118. The van der Waals surface area contributed by atoms with Crippen LogP contribution in [0, 0.1) is 0 Å². The lowest BCUT2D eigenvalue weighted by Gasteiger charge is -2.10. The minimum atomic E-state index is -0.0321. The largest absolute Gasteiger partial charge is 0.303 e. The van der Waals surface area contributed by atoms with E-state index in [-0.39, 0.29) is 11.2 Å². The topological polar surface area (TPSA) is 53.8 Å². The van der Waals surface area contributed by atoms with Crippen LogP contribution in [0.1, 0.15) is 39.0 Å². The van der Waals surface area contributed by atoms with Crippen molar-refractivity contribution in [2.45, 2.75) is 44.3 Å². The molecule has 5 heteroatoms. The molecule has 1 aliphatic carbocycles. The third-order valence-corrected chi connectivity index (χ3v) is 3.58. The highest BCUT2D eigenvalue weighted by atomic mass is 32.2. The number of carbonyl (C=O) groups excluding carboxylic acids is 1. The molecule has 0 aromatic carbocycles. The molecule has 4 nitrogen and oxygen atoms in total. The fourth-order valence-corrected chi connectivity index (χ4v) is 2.43. The highest BCUT2D eigenvalue weighted by Crippen LogP contribution is 2.19. The van der Waals surface area contributed by atoms with Crippen molar-refractivity contribution < 1.29 is 4.79 Å². The van der Waals surface area contributed by atoms with Crippen LogP contribution < -0.4 is 5.32 Å². The molecular weight excluding hydrogens is 210 g/mol. The molecule has 1 aliphatic heterocycles. The summed E-state index contributed by atoms with van der Waals surface area (Å²) in [6.07, 6.45) is 5.87. The molecule has 0 spiro atoms. The molecule has 2 fully saturated rings. The molecule has 1 amide bonds. The molecule has 1 atom stereocenters. The van der Waals surface area contributed by atoms with Gasteiger partial charge in [0.2, 0.25) is 5.91 Å². The van der Waals surface area contributed by atoms with Gasteiger partial charge in [-0.3, -0.25) is 4.79 Å². The van der Waals surface area contributed by atoms with Gasteiger partial charge in [0.25, 0.3) is 0 Å². The molecule has 2 aliphatic rings. The van der Waals surface area contributed by atoms with E-state index in [0.717, 1.165) is 12.8 Å². The Labute approximate surface area is 93.6 Å². The Morgan fingerprint density at radius 3 is 2.60 bits per heavy atom. The van der Waals surface area contributed by atoms with Gasteiger partial charge in [-0.05, 0) is 32.6 Å². The van der Waals surface area contributed by atoms with Crippen LogP contribution in [0.2, 0.25) is 0 Å². The Bertz CT molecular complexity index is 317. The normalized spacial score (nSPS) is 29.4. The lowest BCUT2D eigenvalue weighted by atomic mass is 9.99. The molecule has 0 unspecified atom stereocenters. The molecule has 82 valence electrons.